The second-order valence-corrected chi connectivity index (χ2v) is 4.76. The molecule has 3 rings (SSSR count). The summed E-state index contributed by atoms with van der Waals surface area (Å²) in [4.78, 5) is 11.8. The van der Waals surface area contributed by atoms with E-state index in [0.717, 1.165) is 17.0 Å². The second-order valence-electron chi connectivity index (χ2n) is 4.76. The van der Waals surface area contributed by atoms with Crippen molar-refractivity contribution in [3.8, 4) is 11.3 Å². The first-order chi connectivity index (χ1) is 10.8. The number of carbonyl (C=O) groups is 1. The maximum Gasteiger partial charge on any atom is 0.248 e. The number of para-hydroxylation sites is 1. The van der Waals surface area contributed by atoms with Crippen molar-refractivity contribution < 1.29 is 9.21 Å². The Morgan fingerprint density at radius 1 is 0.864 bits per heavy atom. The summed E-state index contributed by atoms with van der Waals surface area (Å²) in [5, 5.41) is 2.78. The standard InChI is InChI=1S/C19H15NO2/c21-19(20-16-9-5-2-6-10-16)14-12-17-11-13-18(22-17)15-7-3-1-4-8-15/h1-14H,(H,20,21). The Morgan fingerprint density at radius 2 is 1.55 bits per heavy atom. The van der Waals surface area contributed by atoms with E-state index in [1.54, 1.807) is 6.08 Å². The number of hydrogen-bond donors (Lipinski definition) is 1. The third kappa shape index (κ3) is 3.52. The monoisotopic (exact) mass is 289 g/mol. The molecule has 0 radical (unpaired) electrons. The molecule has 0 atom stereocenters. The molecule has 3 nitrogen and oxygen atoms in total. The van der Waals surface area contributed by atoms with Gasteiger partial charge in [-0.25, -0.2) is 0 Å². The van der Waals surface area contributed by atoms with Crippen LogP contribution in [0.25, 0.3) is 17.4 Å². The van der Waals surface area contributed by atoms with Gasteiger partial charge in [-0.2, -0.15) is 0 Å². The van der Waals surface area contributed by atoms with Gasteiger partial charge in [-0.05, 0) is 30.3 Å². The van der Waals surface area contributed by atoms with Crippen LogP contribution in [0.4, 0.5) is 5.69 Å². The quantitative estimate of drug-likeness (QED) is 0.713. The zero-order valence-corrected chi connectivity index (χ0v) is 11.9. The zero-order chi connectivity index (χ0) is 15.2. The van der Waals surface area contributed by atoms with E-state index in [2.05, 4.69) is 5.32 Å². The predicted molar refractivity (Wildman–Crippen MR) is 88.2 cm³/mol. The number of anilines is 1. The van der Waals surface area contributed by atoms with Gasteiger partial charge >= 0.3 is 0 Å². The highest BCUT2D eigenvalue weighted by Crippen LogP contribution is 2.22. The average Bonchev–Trinajstić information content (AvgIpc) is 3.04. The molecule has 0 aliphatic heterocycles. The van der Waals surface area contributed by atoms with Crippen LogP contribution in [-0.2, 0) is 4.79 Å². The van der Waals surface area contributed by atoms with E-state index < -0.39 is 0 Å². The number of amides is 1. The van der Waals surface area contributed by atoms with Crippen LogP contribution in [0, 0.1) is 0 Å². The molecule has 108 valence electrons. The topological polar surface area (TPSA) is 42.2 Å². The molecule has 0 saturated carbocycles. The van der Waals surface area contributed by atoms with Gasteiger partial charge in [-0.15, -0.1) is 0 Å². The lowest BCUT2D eigenvalue weighted by atomic mass is 10.2. The van der Waals surface area contributed by atoms with Crippen molar-refractivity contribution >= 4 is 17.7 Å². The fraction of sp³-hybridized carbons (Fsp3) is 0. The molecule has 1 amide bonds. The molecule has 0 aliphatic rings. The van der Waals surface area contributed by atoms with Crippen LogP contribution in [0.2, 0.25) is 0 Å². The van der Waals surface area contributed by atoms with E-state index >= 15 is 0 Å². The van der Waals surface area contributed by atoms with E-state index in [-0.39, 0.29) is 5.91 Å². The van der Waals surface area contributed by atoms with Crippen molar-refractivity contribution in [1.29, 1.82) is 0 Å². The molecule has 0 unspecified atom stereocenters. The third-order valence-electron chi connectivity index (χ3n) is 3.13. The molecule has 2 aromatic carbocycles. The minimum absolute atomic E-state index is 0.191. The number of hydrogen-bond acceptors (Lipinski definition) is 2. The summed E-state index contributed by atoms with van der Waals surface area (Å²) in [6.45, 7) is 0. The third-order valence-corrected chi connectivity index (χ3v) is 3.13. The molecule has 0 fully saturated rings. The van der Waals surface area contributed by atoms with Gasteiger partial charge in [0, 0.05) is 17.3 Å². The molecule has 0 aliphatic carbocycles. The lowest BCUT2D eigenvalue weighted by Crippen LogP contribution is -2.07. The Hall–Kier alpha value is -3.07. The molecule has 0 saturated heterocycles. The van der Waals surface area contributed by atoms with Crippen LogP contribution in [0.1, 0.15) is 5.76 Å². The summed E-state index contributed by atoms with van der Waals surface area (Å²) >= 11 is 0. The van der Waals surface area contributed by atoms with E-state index in [1.807, 2.05) is 72.8 Å². The highest BCUT2D eigenvalue weighted by atomic mass is 16.3. The van der Waals surface area contributed by atoms with E-state index in [0.29, 0.717) is 5.76 Å². The molecule has 0 spiro atoms. The fourth-order valence-corrected chi connectivity index (χ4v) is 2.06. The van der Waals surface area contributed by atoms with Crippen LogP contribution in [0.15, 0.2) is 83.3 Å². The van der Waals surface area contributed by atoms with Gasteiger partial charge in [0.25, 0.3) is 0 Å². The van der Waals surface area contributed by atoms with Crippen molar-refractivity contribution in [3.05, 3.63) is 84.6 Å². The van der Waals surface area contributed by atoms with Crippen molar-refractivity contribution in [3.63, 3.8) is 0 Å². The van der Waals surface area contributed by atoms with Gasteiger partial charge < -0.3 is 9.73 Å². The minimum atomic E-state index is -0.191. The van der Waals surface area contributed by atoms with Crippen LogP contribution in [-0.4, -0.2) is 5.91 Å². The first-order valence-corrected chi connectivity index (χ1v) is 7.01. The number of nitrogens with one attached hydrogen (secondary N) is 1. The lowest BCUT2D eigenvalue weighted by molar-refractivity contribution is -0.111. The maximum atomic E-state index is 11.8. The molecular formula is C19H15NO2. The Kier molecular flexibility index (Phi) is 4.16. The smallest absolute Gasteiger partial charge is 0.248 e. The number of benzene rings is 2. The average molecular weight is 289 g/mol. The molecule has 22 heavy (non-hydrogen) atoms. The van der Waals surface area contributed by atoms with Crippen LogP contribution in [0.3, 0.4) is 0 Å². The molecule has 3 heteroatoms. The van der Waals surface area contributed by atoms with E-state index in [1.165, 1.54) is 6.08 Å². The number of furan rings is 1. The van der Waals surface area contributed by atoms with Gasteiger partial charge in [0.05, 0.1) is 0 Å². The normalized spacial score (nSPS) is 10.7. The Balaban J connectivity index is 1.66. The van der Waals surface area contributed by atoms with E-state index in [4.69, 9.17) is 4.42 Å². The van der Waals surface area contributed by atoms with Gasteiger partial charge in [-0.3, -0.25) is 4.79 Å². The number of rotatable bonds is 4. The zero-order valence-electron chi connectivity index (χ0n) is 11.9. The van der Waals surface area contributed by atoms with Gasteiger partial charge in [0.15, 0.2) is 0 Å². The lowest BCUT2D eigenvalue weighted by Gasteiger charge is -2.00. The van der Waals surface area contributed by atoms with Gasteiger partial charge in [-0.1, -0.05) is 48.5 Å². The summed E-state index contributed by atoms with van der Waals surface area (Å²) in [5.74, 6) is 1.23. The van der Waals surface area contributed by atoms with Crippen molar-refractivity contribution in [1.82, 2.24) is 0 Å². The summed E-state index contributed by atoms with van der Waals surface area (Å²) in [6, 6.07) is 22.9. The molecule has 1 N–H and O–H groups in total. The van der Waals surface area contributed by atoms with Crippen LogP contribution < -0.4 is 5.32 Å². The first-order valence-electron chi connectivity index (χ1n) is 7.01. The van der Waals surface area contributed by atoms with Crippen LogP contribution >= 0.6 is 0 Å². The highest BCUT2D eigenvalue weighted by molar-refractivity contribution is 6.01. The molecule has 3 aromatic rings. The molecular weight excluding hydrogens is 274 g/mol. The van der Waals surface area contributed by atoms with Gasteiger partial charge in [0.1, 0.15) is 11.5 Å². The first kappa shape index (κ1) is 13.9. The molecule has 1 heterocycles. The SMILES string of the molecule is O=C(C=Cc1ccc(-c2ccccc2)o1)Nc1ccccc1. The Labute approximate surface area is 128 Å². The summed E-state index contributed by atoms with van der Waals surface area (Å²) in [6.07, 6.45) is 3.12. The van der Waals surface area contributed by atoms with E-state index in [9.17, 15) is 4.79 Å². The van der Waals surface area contributed by atoms with Crippen molar-refractivity contribution in [2.75, 3.05) is 5.32 Å². The number of carbonyl (C=O) groups excluding carboxylic acids is 1. The largest absolute Gasteiger partial charge is 0.457 e. The minimum Gasteiger partial charge on any atom is -0.457 e. The summed E-state index contributed by atoms with van der Waals surface area (Å²) in [5.41, 5.74) is 1.78. The summed E-state index contributed by atoms with van der Waals surface area (Å²) in [7, 11) is 0. The van der Waals surface area contributed by atoms with Crippen molar-refractivity contribution in [2.45, 2.75) is 0 Å². The highest BCUT2D eigenvalue weighted by Gasteiger charge is 2.02. The predicted octanol–water partition coefficient (Wildman–Crippen LogP) is 4.60. The van der Waals surface area contributed by atoms with Crippen LogP contribution in [0.5, 0.6) is 0 Å². The maximum absolute atomic E-state index is 11.8. The Bertz CT molecular complexity index is 773. The molecule has 0 bridgehead atoms. The van der Waals surface area contributed by atoms with Gasteiger partial charge in [0.2, 0.25) is 5.91 Å². The Morgan fingerprint density at radius 3 is 2.27 bits per heavy atom. The van der Waals surface area contributed by atoms with Crippen molar-refractivity contribution in [2.24, 2.45) is 0 Å². The fourth-order valence-electron chi connectivity index (χ4n) is 2.06. The molecule has 1 aromatic heterocycles. The summed E-state index contributed by atoms with van der Waals surface area (Å²) < 4.78 is 5.70. The second kappa shape index (κ2) is 6.59.